The first-order chi connectivity index (χ1) is 18.6. The molecule has 1 aliphatic carbocycles. The summed E-state index contributed by atoms with van der Waals surface area (Å²) in [5.74, 6) is -0.405. The largest absolute Gasteiger partial charge is 0.478 e. The lowest BCUT2D eigenvalue weighted by Crippen LogP contribution is -2.08. The van der Waals surface area contributed by atoms with Crippen LogP contribution < -0.4 is 5.32 Å². The minimum atomic E-state index is -0.884. The van der Waals surface area contributed by atoms with Crippen LogP contribution in [0.3, 0.4) is 0 Å². The molecule has 1 fully saturated rings. The van der Waals surface area contributed by atoms with Crippen LogP contribution in [0.1, 0.15) is 59.5 Å². The number of nitrogens with zero attached hydrogens (tertiary/aromatic N) is 3. The molecule has 2 aliphatic rings. The van der Waals surface area contributed by atoms with Crippen molar-refractivity contribution >= 4 is 33.5 Å². The molecular formula is C32H30N4O2. The number of aryl methyl sites for hydroxylation is 1. The quantitative estimate of drug-likeness (QED) is 0.269. The molecule has 190 valence electrons. The van der Waals surface area contributed by atoms with Gasteiger partial charge in [0.2, 0.25) is 0 Å². The van der Waals surface area contributed by atoms with Gasteiger partial charge in [0.05, 0.1) is 33.8 Å². The molecule has 3 aromatic heterocycles. The van der Waals surface area contributed by atoms with Gasteiger partial charge in [-0.25, -0.2) is 9.78 Å². The molecule has 2 aromatic carbocycles. The predicted molar refractivity (Wildman–Crippen MR) is 152 cm³/mol. The summed E-state index contributed by atoms with van der Waals surface area (Å²) >= 11 is 0. The molecule has 38 heavy (non-hydrogen) atoms. The Morgan fingerprint density at radius 2 is 1.82 bits per heavy atom. The SMILES string of the molecule is Cc1ccnc(-c2ccc3c4c(ccc3n2)-c2c(C3CCCCC3)c3ccc(C(=O)O)cc3n2CCN4)c1. The van der Waals surface area contributed by atoms with Crippen LogP contribution in [0.5, 0.6) is 0 Å². The molecule has 6 nitrogen and oxygen atoms in total. The van der Waals surface area contributed by atoms with Crippen LogP contribution in [0.15, 0.2) is 60.8 Å². The lowest BCUT2D eigenvalue weighted by Gasteiger charge is -2.24. The molecule has 6 heteroatoms. The van der Waals surface area contributed by atoms with E-state index in [4.69, 9.17) is 4.98 Å². The zero-order chi connectivity index (χ0) is 25.8. The number of anilines is 1. The van der Waals surface area contributed by atoms with E-state index in [-0.39, 0.29) is 0 Å². The number of pyridine rings is 2. The topological polar surface area (TPSA) is 80.0 Å². The van der Waals surface area contributed by atoms with E-state index in [0.29, 0.717) is 11.5 Å². The summed E-state index contributed by atoms with van der Waals surface area (Å²) in [6, 6.07) is 18.3. The number of rotatable bonds is 3. The molecule has 0 atom stereocenters. The van der Waals surface area contributed by atoms with Crippen molar-refractivity contribution in [2.24, 2.45) is 0 Å². The summed E-state index contributed by atoms with van der Waals surface area (Å²) in [5, 5.41) is 15.7. The number of carboxylic acids is 1. The number of fused-ring (bicyclic) bond motifs is 7. The zero-order valence-electron chi connectivity index (χ0n) is 21.5. The van der Waals surface area contributed by atoms with E-state index in [1.807, 2.05) is 24.4 Å². The van der Waals surface area contributed by atoms with E-state index in [2.05, 4.69) is 52.1 Å². The summed E-state index contributed by atoms with van der Waals surface area (Å²) in [6.07, 6.45) is 7.96. The Morgan fingerprint density at radius 3 is 2.63 bits per heavy atom. The van der Waals surface area contributed by atoms with E-state index in [1.165, 1.54) is 54.3 Å². The van der Waals surface area contributed by atoms with Crippen LogP contribution >= 0.6 is 0 Å². The summed E-state index contributed by atoms with van der Waals surface area (Å²) in [4.78, 5) is 21.4. The fourth-order valence-corrected chi connectivity index (χ4v) is 6.54. The van der Waals surface area contributed by atoms with Gasteiger partial charge in [-0.1, -0.05) is 25.3 Å². The molecule has 1 saturated carbocycles. The second kappa shape index (κ2) is 8.98. The van der Waals surface area contributed by atoms with Gasteiger partial charge >= 0.3 is 5.97 Å². The third-order valence-electron chi connectivity index (χ3n) is 8.31. The lowest BCUT2D eigenvalue weighted by molar-refractivity contribution is 0.0697. The summed E-state index contributed by atoms with van der Waals surface area (Å²) in [7, 11) is 0. The normalized spacial score (nSPS) is 15.6. The fourth-order valence-electron chi connectivity index (χ4n) is 6.54. The Labute approximate surface area is 221 Å². The highest BCUT2D eigenvalue weighted by Crippen LogP contribution is 2.48. The molecular weight excluding hydrogens is 472 g/mol. The number of nitrogens with one attached hydrogen (secondary N) is 1. The van der Waals surface area contributed by atoms with Gasteiger partial charge in [-0.05, 0) is 85.3 Å². The van der Waals surface area contributed by atoms with E-state index in [1.54, 1.807) is 6.07 Å². The predicted octanol–water partition coefficient (Wildman–Crippen LogP) is 7.40. The number of aromatic nitrogens is 3. The zero-order valence-corrected chi connectivity index (χ0v) is 21.5. The van der Waals surface area contributed by atoms with Crippen molar-refractivity contribution in [3.05, 3.63) is 77.5 Å². The summed E-state index contributed by atoms with van der Waals surface area (Å²) in [6.45, 7) is 3.60. The van der Waals surface area contributed by atoms with Gasteiger partial charge in [0.1, 0.15) is 0 Å². The monoisotopic (exact) mass is 502 g/mol. The molecule has 0 bridgehead atoms. The Kier molecular flexibility index (Phi) is 5.43. The van der Waals surface area contributed by atoms with Crippen molar-refractivity contribution in [3.63, 3.8) is 0 Å². The molecule has 0 amide bonds. The van der Waals surface area contributed by atoms with Crippen molar-refractivity contribution in [1.29, 1.82) is 0 Å². The first kappa shape index (κ1) is 23.0. The molecule has 0 radical (unpaired) electrons. The van der Waals surface area contributed by atoms with Crippen LogP contribution in [0.2, 0.25) is 0 Å². The summed E-state index contributed by atoms with van der Waals surface area (Å²) < 4.78 is 2.36. The van der Waals surface area contributed by atoms with Crippen LogP contribution in [0.25, 0.3) is 44.5 Å². The highest BCUT2D eigenvalue weighted by atomic mass is 16.4. The molecule has 4 heterocycles. The molecule has 0 spiro atoms. The fraction of sp³-hybridized carbons (Fsp3) is 0.281. The van der Waals surface area contributed by atoms with Crippen molar-refractivity contribution in [1.82, 2.24) is 14.5 Å². The van der Waals surface area contributed by atoms with Gasteiger partial charge in [0.25, 0.3) is 0 Å². The maximum atomic E-state index is 11.8. The molecule has 5 aromatic rings. The standard InChI is InChI=1S/C32H30N4O2/c1-19-13-14-33-27(17-19)26-12-9-22-25(35-26)11-10-24-30(22)34-15-16-36-28-18-21(32(37)38)7-8-23(28)29(31(24)36)20-5-3-2-4-6-20/h7-14,17-18,20,34H,2-6,15-16H2,1H3,(H,37,38). The Balaban J connectivity index is 1.46. The highest BCUT2D eigenvalue weighted by Gasteiger charge is 2.29. The van der Waals surface area contributed by atoms with Crippen LogP contribution in [-0.2, 0) is 6.54 Å². The van der Waals surface area contributed by atoms with Gasteiger partial charge in [0.15, 0.2) is 0 Å². The first-order valence-electron chi connectivity index (χ1n) is 13.6. The third kappa shape index (κ3) is 3.66. The van der Waals surface area contributed by atoms with E-state index >= 15 is 0 Å². The average molecular weight is 503 g/mol. The minimum absolute atomic E-state index is 0.338. The second-order valence-corrected chi connectivity index (χ2v) is 10.7. The van der Waals surface area contributed by atoms with Crippen molar-refractivity contribution in [3.8, 4) is 22.6 Å². The molecule has 1 aliphatic heterocycles. The molecule has 2 N–H and O–H groups in total. The summed E-state index contributed by atoms with van der Waals surface area (Å²) in [5.41, 5.74) is 10.1. The van der Waals surface area contributed by atoms with E-state index in [0.717, 1.165) is 52.1 Å². The molecule has 0 unspecified atom stereocenters. The molecule has 0 saturated heterocycles. The number of aromatic carboxylic acids is 1. The van der Waals surface area contributed by atoms with Gasteiger partial charge in [-0.2, -0.15) is 0 Å². The van der Waals surface area contributed by atoms with E-state index < -0.39 is 5.97 Å². The Morgan fingerprint density at radius 1 is 0.974 bits per heavy atom. The van der Waals surface area contributed by atoms with Crippen LogP contribution in [0.4, 0.5) is 5.69 Å². The first-order valence-corrected chi connectivity index (χ1v) is 13.6. The third-order valence-corrected chi connectivity index (χ3v) is 8.31. The number of carboxylic acid groups (broad SMARTS) is 1. The maximum Gasteiger partial charge on any atom is 0.335 e. The second-order valence-electron chi connectivity index (χ2n) is 10.7. The minimum Gasteiger partial charge on any atom is -0.478 e. The lowest BCUT2D eigenvalue weighted by atomic mass is 9.81. The van der Waals surface area contributed by atoms with Crippen LogP contribution in [0, 0.1) is 6.92 Å². The number of hydrogen-bond donors (Lipinski definition) is 2. The van der Waals surface area contributed by atoms with E-state index in [9.17, 15) is 9.90 Å². The highest BCUT2D eigenvalue weighted by molar-refractivity contribution is 6.05. The smallest absolute Gasteiger partial charge is 0.335 e. The number of benzene rings is 2. The van der Waals surface area contributed by atoms with Gasteiger partial charge in [-0.15, -0.1) is 0 Å². The van der Waals surface area contributed by atoms with Gasteiger partial charge < -0.3 is 15.0 Å². The number of carbonyl (C=O) groups is 1. The number of hydrogen-bond acceptors (Lipinski definition) is 4. The molecule has 7 rings (SSSR count). The van der Waals surface area contributed by atoms with Crippen molar-refractivity contribution < 1.29 is 9.90 Å². The Hall–Kier alpha value is -4.19. The van der Waals surface area contributed by atoms with Crippen molar-refractivity contribution in [2.45, 2.75) is 51.5 Å². The van der Waals surface area contributed by atoms with Crippen molar-refractivity contribution in [2.75, 3.05) is 11.9 Å². The maximum absolute atomic E-state index is 11.8. The average Bonchev–Trinajstić information content (AvgIpc) is 3.13. The van der Waals surface area contributed by atoms with Crippen LogP contribution in [-0.4, -0.2) is 32.2 Å². The van der Waals surface area contributed by atoms with Gasteiger partial charge in [-0.3, -0.25) is 4.98 Å². The van der Waals surface area contributed by atoms with Gasteiger partial charge in [0, 0.05) is 41.1 Å². The Bertz CT molecular complexity index is 1730.